The van der Waals surface area contributed by atoms with Crippen molar-refractivity contribution in [3.63, 3.8) is 0 Å². The molecule has 0 aliphatic heterocycles. The van der Waals surface area contributed by atoms with Gasteiger partial charge in [-0.05, 0) is 19.1 Å². The predicted octanol–water partition coefficient (Wildman–Crippen LogP) is 2.93. The summed E-state index contributed by atoms with van der Waals surface area (Å²) in [5.41, 5.74) is 3.39. The van der Waals surface area contributed by atoms with Gasteiger partial charge in [0.15, 0.2) is 0 Å². The molecule has 1 heterocycles. The molecule has 2 nitrogen and oxygen atoms in total. The average molecular weight is 194 g/mol. The van der Waals surface area contributed by atoms with Crippen LogP contribution in [0.1, 0.15) is 11.3 Å². The van der Waals surface area contributed by atoms with E-state index in [1.54, 1.807) is 0 Å². The van der Waals surface area contributed by atoms with Crippen molar-refractivity contribution in [2.75, 3.05) is 0 Å². The third-order valence-electron chi connectivity index (χ3n) is 2.28. The van der Waals surface area contributed by atoms with E-state index in [4.69, 9.17) is 5.26 Å². The van der Waals surface area contributed by atoms with Crippen LogP contribution in [0.3, 0.4) is 0 Å². The Hall–Kier alpha value is -2.14. The van der Waals surface area contributed by atoms with Gasteiger partial charge in [0.1, 0.15) is 6.07 Å². The van der Waals surface area contributed by atoms with Gasteiger partial charge in [-0.2, -0.15) is 5.26 Å². The first-order chi connectivity index (χ1) is 7.31. The lowest BCUT2D eigenvalue weighted by Gasteiger charge is -2.02. The fourth-order valence-corrected chi connectivity index (χ4v) is 1.45. The summed E-state index contributed by atoms with van der Waals surface area (Å²) in [6, 6.07) is 15.7. The van der Waals surface area contributed by atoms with Gasteiger partial charge in [-0.3, -0.25) is 4.98 Å². The maximum absolute atomic E-state index is 8.79. The number of pyridine rings is 1. The average Bonchev–Trinajstić information content (AvgIpc) is 2.30. The summed E-state index contributed by atoms with van der Waals surface area (Å²) in [7, 11) is 0. The molecule has 0 saturated carbocycles. The molecule has 0 aliphatic rings. The minimum absolute atomic E-state index is 0.634. The highest BCUT2D eigenvalue weighted by atomic mass is 14.7. The Balaban J connectivity index is 2.49. The molecule has 0 atom stereocenters. The zero-order chi connectivity index (χ0) is 10.7. The molecule has 0 fully saturated rings. The van der Waals surface area contributed by atoms with Crippen molar-refractivity contribution in [3.05, 3.63) is 53.7 Å². The van der Waals surface area contributed by atoms with Gasteiger partial charge in [0.25, 0.3) is 0 Å². The van der Waals surface area contributed by atoms with Crippen LogP contribution in [0.4, 0.5) is 0 Å². The van der Waals surface area contributed by atoms with E-state index in [9.17, 15) is 0 Å². The molecule has 1 aromatic carbocycles. The Kier molecular flexibility index (Phi) is 2.47. The second kappa shape index (κ2) is 3.93. The topological polar surface area (TPSA) is 36.7 Å². The SMILES string of the molecule is Cc1nc(-c2ccccc2)ccc1C#N. The Morgan fingerprint density at radius 1 is 1.07 bits per heavy atom. The van der Waals surface area contributed by atoms with Crippen LogP contribution in [0, 0.1) is 18.3 Å². The van der Waals surface area contributed by atoms with Gasteiger partial charge >= 0.3 is 0 Å². The van der Waals surface area contributed by atoms with Gasteiger partial charge in [-0.25, -0.2) is 0 Å². The number of aryl methyl sites for hydroxylation is 1. The van der Waals surface area contributed by atoms with Crippen LogP contribution in [0.25, 0.3) is 11.3 Å². The normalized spacial score (nSPS) is 9.60. The van der Waals surface area contributed by atoms with Crippen LogP contribution >= 0.6 is 0 Å². The van der Waals surface area contributed by atoms with Gasteiger partial charge in [0, 0.05) is 5.56 Å². The van der Waals surface area contributed by atoms with Crippen LogP contribution in [0.2, 0.25) is 0 Å². The first-order valence-electron chi connectivity index (χ1n) is 4.74. The Bertz CT molecular complexity index is 510. The second-order valence-electron chi connectivity index (χ2n) is 3.31. The minimum Gasteiger partial charge on any atom is -0.252 e. The molecule has 15 heavy (non-hydrogen) atoms. The first-order valence-corrected chi connectivity index (χ1v) is 4.74. The second-order valence-corrected chi connectivity index (χ2v) is 3.31. The Morgan fingerprint density at radius 3 is 2.40 bits per heavy atom. The highest BCUT2D eigenvalue weighted by molar-refractivity contribution is 5.60. The lowest BCUT2D eigenvalue weighted by atomic mass is 10.1. The van der Waals surface area contributed by atoms with E-state index < -0.39 is 0 Å². The van der Waals surface area contributed by atoms with Gasteiger partial charge in [0.2, 0.25) is 0 Å². The van der Waals surface area contributed by atoms with E-state index in [0.717, 1.165) is 17.0 Å². The number of hydrogen-bond donors (Lipinski definition) is 0. The van der Waals surface area contributed by atoms with Crippen molar-refractivity contribution in [1.29, 1.82) is 5.26 Å². The number of nitriles is 1. The molecule has 0 radical (unpaired) electrons. The predicted molar refractivity (Wildman–Crippen MR) is 59.1 cm³/mol. The lowest BCUT2D eigenvalue weighted by Crippen LogP contribution is -1.90. The first kappa shape index (κ1) is 9.42. The van der Waals surface area contributed by atoms with E-state index >= 15 is 0 Å². The van der Waals surface area contributed by atoms with Crippen molar-refractivity contribution in [3.8, 4) is 17.3 Å². The van der Waals surface area contributed by atoms with Crippen LogP contribution in [-0.2, 0) is 0 Å². The molecule has 2 rings (SSSR count). The number of nitrogens with zero attached hydrogens (tertiary/aromatic N) is 2. The largest absolute Gasteiger partial charge is 0.252 e. The zero-order valence-corrected chi connectivity index (χ0v) is 8.44. The molecule has 0 amide bonds. The molecule has 0 aliphatic carbocycles. The smallest absolute Gasteiger partial charge is 0.101 e. The summed E-state index contributed by atoms with van der Waals surface area (Å²) in [6.07, 6.45) is 0. The molecule has 2 aromatic rings. The van der Waals surface area contributed by atoms with E-state index in [1.165, 1.54) is 0 Å². The highest BCUT2D eigenvalue weighted by Gasteiger charge is 2.02. The number of hydrogen-bond acceptors (Lipinski definition) is 2. The lowest BCUT2D eigenvalue weighted by molar-refractivity contribution is 1.18. The maximum atomic E-state index is 8.79. The van der Waals surface area contributed by atoms with Gasteiger partial charge in [0.05, 0.1) is 17.0 Å². The van der Waals surface area contributed by atoms with E-state index in [2.05, 4.69) is 11.1 Å². The summed E-state index contributed by atoms with van der Waals surface area (Å²) in [6.45, 7) is 1.85. The van der Waals surface area contributed by atoms with Crippen molar-refractivity contribution >= 4 is 0 Å². The maximum Gasteiger partial charge on any atom is 0.101 e. The molecular formula is C13H10N2. The highest BCUT2D eigenvalue weighted by Crippen LogP contribution is 2.17. The van der Waals surface area contributed by atoms with Crippen molar-refractivity contribution in [2.24, 2.45) is 0 Å². The van der Waals surface area contributed by atoms with Gasteiger partial charge in [-0.15, -0.1) is 0 Å². The molecular weight excluding hydrogens is 184 g/mol. The summed E-state index contributed by atoms with van der Waals surface area (Å²) in [4.78, 5) is 4.39. The summed E-state index contributed by atoms with van der Waals surface area (Å²) in [5.74, 6) is 0. The quantitative estimate of drug-likeness (QED) is 0.699. The Labute approximate surface area is 88.8 Å². The molecule has 0 bridgehead atoms. The van der Waals surface area contributed by atoms with E-state index in [-0.39, 0.29) is 0 Å². The Morgan fingerprint density at radius 2 is 1.80 bits per heavy atom. The van der Waals surface area contributed by atoms with Crippen LogP contribution < -0.4 is 0 Å². The monoisotopic (exact) mass is 194 g/mol. The number of aromatic nitrogens is 1. The molecule has 2 heteroatoms. The van der Waals surface area contributed by atoms with Crippen molar-refractivity contribution < 1.29 is 0 Å². The number of rotatable bonds is 1. The molecule has 1 aromatic heterocycles. The van der Waals surface area contributed by atoms with Crippen LogP contribution in [0.5, 0.6) is 0 Å². The molecule has 0 unspecified atom stereocenters. The van der Waals surface area contributed by atoms with Gasteiger partial charge in [-0.1, -0.05) is 30.3 Å². The molecule has 0 N–H and O–H groups in total. The zero-order valence-electron chi connectivity index (χ0n) is 8.44. The van der Waals surface area contributed by atoms with Crippen molar-refractivity contribution in [1.82, 2.24) is 4.98 Å². The third kappa shape index (κ3) is 1.87. The number of benzene rings is 1. The molecule has 72 valence electrons. The summed E-state index contributed by atoms with van der Waals surface area (Å²) >= 11 is 0. The fraction of sp³-hybridized carbons (Fsp3) is 0.0769. The standard InChI is InChI=1S/C13H10N2/c1-10-12(9-14)7-8-13(15-10)11-5-3-2-4-6-11/h2-8H,1H3. The van der Waals surface area contributed by atoms with Crippen LogP contribution in [-0.4, -0.2) is 4.98 Å². The summed E-state index contributed by atoms with van der Waals surface area (Å²) in [5, 5.41) is 8.79. The fourth-order valence-electron chi connectivity index (χ4n) is 1.45. The summed E-state index contributed by atoms with van der Waals surface area (Å²) < 4.78 is 0. The van der Waals surface area contributed by atoms with E-state index in [0.29, 0.717) is 5.56 Å². The van der Waals surface area contributed by atoms with Crippen molar-refractivity contribution in [2.45, 2.75) is 6.92 Å². The van der Waals surface area contributed by atoms with Gasteiger partial charge < -0.3 is 0 Å². The third-order valence-corrected chi connectivity index (χ3v) is 2.28. The minimum atomic E-state index is 0.634. The van der Waals surface area contributed by atoms with E-state index in [1.807, 2.05) is 49.4 Å². The van der Waals surface area contributed by atoms with Crippen LogP contribution in [0.15, 0.2) is 42.5 Å². The molecule has 0 saturated heterocycles. The molecule has 0 spiro atoms.